The number of benzene rings is 2. The minimum Gasteiger partial charge on any atom is -0.493 e. The molecule has 0 fully saturated rings. The van der Waals surface area contributed by atoms with Gasteiger partial charge >= 0.3 is 6.09 Å². The summed E-state index contributed by atoms with van der Waals surface area (Å²) in [6.07, 6.45) is 0.878. The molecule has 10 nitrogen and oxygen atoms in total. The fraction of sp³-hybridized carbons (Fsp3) is 0.360. The fourth-order valence-electron chi connectivity index (χ4n) is 3.51. The number of hydrogen-bond acceptors (Lipinski definition) is 8. The lowest BCUT2D eigenvalue weighted by Crippen LogP contribution is -2.31. The number of rotatable bonds is 10. The summed E-state index contributed by atoms with van der Waals surface area (Å²) in [5, 5.41) is 23.6. The molecule has 1 amide bonds. The van der Waals surface area contributed by atoms with E-state index in [4.69, 9.17) is 25.0 Å². The van der Waals surface area contributed by atoms with Gasteiger partial charge in [-0.05, 0) is 26.7 Å². The second-order valence-electron chi connectivity index (χ2n) is 8.07. The number of carbonyl (C=O) groups is 1. The fourth-order valence-corrected chi connectivity index (χ4v) is 3.51. The van der Waals surface area contributed by atoms with E-state index in [0.717, 1.165) is 12.8 Å². The van der Waals surface area contributed by atoms with Crippen molar-refractivity contribution < 1.29 is 19.0 Å². The molecular formula is C25H32N6O4. The number of carbonyl (C=O) groups excluding carboxylic acids is 1. The summed E-state index contributed by atoms with van der Waals surface area (Å²) in [4.78, 5) is 16.2. The topological polar surface area (TPSA) is 134 Å². The van der Waals surface area contributed by atoms with Gasteiger partial charge in [0.05, 0.1) is 31.4 Å². The maximum absolute atomic E-state index is 11.6. The molecule has 1 aromatic heterocycles. The summed E-state index contributed by atoms with van der Waals surface area (Å²) < 4.78 is 17.5. The molecule has 0 saturated carbocycles. The van der Waals surface area contributed by atoms with Crippen molar-refractivity contribution in [1.29, 1.82) is 10.8 Å². The molecule has 0 bridgehead atoms. The van der Waals surface area contributed by atoms with E-state index >= 15 is 0 Å². The Morgan fingerprint density at radius 1 is 1.06 bits per heavy atom. The first-order valence-electron chi connectivity index (χ1n) is 11.4. The quantitative estimate of drug-likeness (QED) is 0.198. The molecular weight excluding hydrogens is 448 g/mol. The van der Waals surface area contributed by atoms with Crippen molar-refractivity contribution >= 4 is 28.8 Å². The molecule has 2 aromatic carbocycles. The van der Waals surface area contributed by atoms with Gasteiger partial charge in [0.25, 0.3) is 0 Å². The molecule has 4 N–H and O–H groups in total. The zero-order chi connectivity index (χ0) is 25.4. The highest BCUT2D eigenvalue weighted by atomic mass is 16.6. The Kier molecular flexibility index (Phi) is 8.66. The van der Waals surface area contributed by atoms with Gasteiger partial charge < -0.3 is 24.8 Å². The standard InChI is InChI=1S/C25H32N6O4/c1-16(2)35-25(32)29-13-9-8-12-28-24-23(27)31(22(26)17-10-6-5-7-11-17)19-15-21(34-4)20(33-3)14-18(19)30-24/h5-7,10-11,14-16,26-27H,8-9,12-13H2,1-4H3,(H,28,30)(H,29,32). The smallest absolute Gasteiger partial charge is 0.407 e. The first-order valence-corrected chi connectivity index (χ1v) is 11.4. The molecule has 0 saturated heterocycles. The van der Waals surface area contributed by atoms with Crippen LogP contribution < -0.4 is 25.6 Å². The van der Waals surface area contributed by atoms with Gasteiger partial charge in [0.1, 0.15) is 5.84 Å². The van der Waals surface area contributed by atoms with Gasteiger partial charge in [-0.1, -0.05) is 30.3 Å². The lowest BCUT2D eigenvalue weighted by molar-refractivity contribution is 0.115. The van der Waals surface area contributed by atoms with Crippen LogP contribution in [-0.4, -0.2) is 54.9 Å². The van der Waals surface area contributed by atoms with Gasteiger partial charge in [-0.3, -0.25) is 15.4 Å². The van der Waals surface area contributed by atoms with Crippen LogP contribution in [0, 0.1) is 10.8 Å². The van der Waals surface area contributed by atoms with E-state index in [2.05, 4.69) is 15.6 Å². The van der Waals surface area contributed by atoms with Crippen LogP contribution in [0.5, 0.6) is 11.5 Å². The van der Waals surface area contributed by atoms with E-state index < -0.39 is 6.09 Å². The summed E-state index contributed by atoms with van der Waals surface area (Å²) in [6.45, 7) is 4.63. The van der Waals surface area contributed by atoms with E-state index in [1.165, 1.54) is 4.57 Å². The number of hydrogen-bond donors (Lipinski definition) is 4. The third kappa shape index (κ3) is 6.28. The molecule has 0 atom stereocenters. The van der Waals surface area contributed by atoms with Gasteiger partial charge in [0.2, 0.25) is 0 Å². The van der Waals surface area contributed by atoms with E-state index in [1.807, 2.05) is 30.3 Å². The van der Waals surface area contributed by atoms with Crippen molar-refractivity contribution in [3.05, 3.63) is 53.5 Å². The molecule has 3 rings (SSSR count). The molecule has 0 aliphatic rings. The number of fused-ring (bicyclic) bond motifs is 1. The first kappa shape index (κ1) is 25.5. The first-order chi connectivity index (χ1) is 16.8. The SMILES string of the molecule is COc1cc2nc(NCCCCNC(=O)OC(C)C)c(=N)n(C(=N)c3ccccc3)c2cc1OC. The molecule has 1 heterocycles. The molecule has 0 aliphatic carbocycles. The summed E-state index contributed by atoms with van der Waals surface area (Å²) in [7, 11) is 3.09. The Morgan fingerprint density at radius 3 is 2.37 bits per heavy atom. The highest BCUT2D eigenvalue weighted by Crippen LogP contribution is 2.31. The van der Waals surface area contributed by atoms with Crippen LogP contribution in [0.2, 0.25) is 0 Å². The predicted octanol–water partition coefficient (Wildman–Crippen LogP) is 3.73. The van der Waals surface area contributed by atoms with E-state index in [0.29, 0.717) is 47.0 Å². The molecule has 0 spiro atoms. The summed E-state index contributed by atoms with van der Waals surface area (Å²) in [6, 6.07) is 12.7. The summed E-state index contributed by atoms with van der Waals surface area (Å²) in [5.41, 5.74) is 1.83. The van der Waals surface area contributed by atoms with Crippen molar-refractivity contribution in [2.45, 2.75) is 32.8 Å². The average molecular weight is 481 g/mol. The zero-order valence-electron chi connectivity index (χ0n) is 20.5. The number of anilines is 1. The minimum absolute atomic E-state index is 0.0530. The van der Waals surface area contributed by atoms with Crippen molar-refractivity contribution in [2.24, 2.45) is 0 Å². The number of unbranched alkanes of at least 4 members (excludes halogenated alkanes) is 1. The highest BCUT2D eigenvalue weighted by molar-refractivity contribution is 6.03. The van der Waals surface area contributed by atoms with Crippen LogP contribution in [-0.2, 0) is 4.74 Å². The second-order valence-corrected chi connectivity index (χ2v) is 8.07. The Bertz CT molecular complexity index is 1240. The van der Waals surface area contributed by atoms with Crippen LogP contribution in [0.3, 0.4) is 0 Å². The Balaban J connectivity index is 1.86. The second kappa shape index (κ2) is 11.9. The van der Waals surface area contributed by atoms with E-state index in [-0.39, 0.29) is 17.4 Å². The van der Waals surface area contributed by atoms with Crippen molar-refractivity contribution in [1.82, 2.24) is 14.9 Å². The number of aromatic nitrogens is 2. The Morgan fingerprint density at radius 2 is 1.71 bits per heavy atom. The molecule has 10 heteroatoms. The molecule has 35 heavy (non-hydrogen) atoms. The van der Waals surface area contributed by atoms with Crippen LogP contribution >= 0.6 is 0 Å². The summed E-state index contributed by atoms with van der Waals surface area (Å²) in [5.74, 6) is 1.48. The largest absolute Gasteiger partial charge is 0.493 e. The molecule has 0 aliphatic heterocycles. The van der Waals surface area contributed by atoms with Crippen molar-refractivity contribution in [3.8, 4) is 11.5 Å². The van der Waals surface area contributed by atoms with Gasteiger partial charge in [-0.2, -0.15) is 0 Å². The van der Waals surface area contributed by atoms with E-state index in [9.17, 15) is 4.79 Å². The number of methoxy groups -OCH3 is 2. The third-order valence-electron chi connectivity index (χ3n) is 5.18. The van der Waals surface area contributed by atoms with Crippen LogP contribution in [0.25, 0.3) is 11.0 Å². The predicted molar refractivity (Wildman–Crippen MR) is 135 cm³/mol. The number of amides is 1. The van der Waals surface area contributed by atoms with Gasteiger partial charge in [-0.25, -0.2) is 9.78 Å². The Labute approximate surface area is 204 Å². The zero-order valence-corrected chi connectivity index (χ0v) is 20.5. The molecule has 186 valence electrons. The van der Waals surface area contributed by atoms with Gasteiger partial charge in [0, 0.05) is 30.8 Å². The van der Waals surface area contributed by atoms with Crippen LogP contribution in [0.15, 0.2) is 42.5 Å². The van der Waals surface area contributed by atoms with E-state index in [1.54, 1.807) is 40.2 Å². The lowest BCUT2D eigenvalue weighted by Gasteiger charge is -2.17. The molecule has 0 unspecified atom stereocenters. The van der Waals surface area contributed by atoms with Crippen LogP contribution in [0.4, 0.5) is 10.6 Å². The summed E-state index contributed by atoms with van der Waals surface area (Å²) >= 11 is 0. The minimum atomic E-state index is -0.428. The van der Waals surface area contributed by atoms with Gasteiger partial charge in [0.15, 0.2) is 22.8 Å². The van der Waals surface area contributed by atoms with Gasteiger partial charge in [-0.15, -0.1) is 0 Å². The number of ether oxygens (including phenoxy) is 3. The number of nitrogens with zero attached hydrogens (tertiary/aromatic N) is 2. The number of nitrogens with one attached hydrogen (secondary N) is 4. The Hall–Kier alpha value is -4.08. The van der Waals surface area contributed by atoms with Crippen molar-refractivity contribution in [3.63, 3.8) is 0 Å². The molecule has 3 aromatic rings. The highest BCUT2D eigenvalue weighted by Gasteiger charge is 2.17. The maximum atomic E-state index is 11.6. The lowest BCUT2D eigenvalue weighted by atomic mass is 10.2. The maximum Gasteiger partial charge on any atom is 0.407 e. The van der Waals surface area contributed by atoms with Crippen molar-refractivity contribution in [2.75, 3.05) is 32.6 Å². The van der Waals surface area contributed by atoms with Crippen LogP contribution in [0.1, 0.15) is 32.3 Å². The third-order valence-corrected chi connectivity index (χ3v) is 5.18. The monoisotopic (exact) mass is 480 g/mol. The average Bonchev–Trinajstić information content (AvgIpc) is 2.85. The normalized spacial score (nSPS) is 10.8. The number of alkyl carbamates (subject to hydrolysis) is 1. The molecule has 0 radical (unpaired) electrons.